The summed E-state index contributed by atoms with van der Waals surface area (Å²) >= 11 is -0.515. The van der Waals surface area contributed by atoms with Crippen molar-refractivity contribution in [2.24, 2.45) is 3.95 Å². The number of benzene rings is 1. The second-order valence-corrected chi connectivity index (χ2v) is 6.92. The molecular weight excluding hydrogens is 385 g/mol. The van der Waals surface area contributed by atoms with Gasteiger partial charge >= 0.3 is 143 Å². The van der Waals surface area contributed by atoms with Crippen LogP contribution in [0.1, 0.15) is 45.2 Å². The molecule has 0 spiro atoms. The summed E-state index contributed by atoms with van der Waals surface area (Å²) in [5, 5.41) is 2.38. The molecule has 2 rings (SSSR count). The molecular formula is C19H23INO-. The predicted molar refractivity (Wildman–Crippen MR) is 92.7 cm³/mol. The first kappa shape index (κ1) is 17.0. The number of hydrogen-bond acceptors (Lipinski definition) is 2. The van der Waals surface area contributed by atoms with Crippen molar-refractivity contribution in [3.05, 3.63) is 44.1 Å². The van der Waals surface area contributed by atoms with Gasteiger partial charge in [-0.3, -0.25) is 0 Å². The van der Waals surface area contributed by atoms with Crippen LogP contribution in [0.25, 0.3) is 34.8 Å². The number of nitrogens with two attached hydrogens (primary N) is 1. The Morgan fingerprint density at radius 3 is 2.59 bits per heavy atom. The minimum atomic E-state index is -0.515. The van der Waals surface area contributed by atoms with E-state index < -0.39 is 21.5 Å². The van der Waals surface area contributed by atoms with Crippen molar-refractivity contribution < 1.29 is 25.9 Å². The molecule has 0 radical (unpaired) electrons. The number of hydrogen-bond donors (Lipinski definition) is 1. The van der Waals surface area contributed by atoms with E-state index in [9.17, 15) is 0 Å². The fourth-order valence-electron chi connectivity index (χ4n) is 2.70. The van der Waals surface area contributed by atoms with Gasteiger partial charge in [0.2, 0.25) is 0 Å². The third-order valence-electron chi connectivity index (χ3n) is 3.91. The van der Waals surface area contributed by atoms with Gasteiger partial charge in [0, 0.05) is 0 Å². The van der Waals surface area contributed by atoms with Crippen LogP contribution in [0.5, 0.6) is 0 Å². The fourth-order valence-corrected chi connectivity index (χ4v) is 4.00. The van der Waals surface area contributed by atoms with Crippen molar-refractivity contribution in [1.82, 2.24) is 0 Å². The Morgan fingerprint density at radius 2 is 2.09 bits per heavy atom. The fraction of sp³-hybridized carbons (Fsp3) is 0.263. The van der Waals surface area contributed by atoms with Crippen molar-refractivity contribution in [3.63, 3.8) is 0 Å². The second kappa shape index (κ2) is 7.29. The zero-order valence-corrected chi connectivity index (χ0v) is 15.8. The van der Waals surface area contributed by atoms with Gasteiger partial charge in [0.1, 0.15) is 0 Å². The third kappa shape index (κ3) is 2.79. The molecule has 118 valence electrons. The van der Waals surface area contributed by atoms with E-state index in [1.54, 1.807) is 0 Å². The summed E-state index contributed by atoms with van der Waals surface area (Å²) < 4.78 is 13.5. The summed E-state index contributed by atoms with van der Waals surface area (Å²) in [6.07, 6.45) is 9.06. The topological polar surface area (TPSA) is 39.2 Å². The van der Waals surface area contributed by atoms with E-state index in [2.05, 4.69) is 32.6 Å². The van der Waals surface area contributed by atoms with Crippen LogP contribution < -0.4 is 36.1 Å². The number of fused-ring (bicyclic) bond motifs is 1. The molecule has 0 amide bonds. The number of allylic oxidation sites excluding steroid dienone is 1. The Kier molecular flexibility index (Phi) is 5.64. The van der Waals surface area contributed by atoms with Crippen LogP contribution in [0.15, 0.2) is 23.1 Å². The zero-order chi connectivity index (χ0) is 16.3. The van der Waals surface area contributed by atoms with E-state index in [0.717, 1.165) is 33.9 Å². The van der Waals surface area contributed by atoms with E-state index in [0.29, 0.717) is 0 Å². The predicted octanol–water partition coefficient (Wildman–Crippen LogP) is 0.622. The van der Waals surface area contributed by atoms with Gasteiger partial charge in [-0.15, -0.1) is 0 Å². The first-order chi connectivity index (χ1) is 10.6. The normalized spacial score (nSPS) is 14.3. The van der Waals surface area contributed by atoms with E-state index in [-0.39, 0.29) is 0 Å². The maximum atomic E-state index is 6.17. The summed E-state index contributed by atoms with van der Waals surface area (Å²) in [7, 11) is 0. The van der Waals surface area contributed by atoms with Crippen molar-refractivity contribution in [1.29, 1.82) is 0 Å². The Bertz CT molecular complexity index is 856. The van der Waals surface area contributed by atoms with Crippen molar-refractivity contribution in [2.45, 2.75) is 34.1 Å². The first-order valence-electron chi connectivity index (χ1n) is 7.47. The SMILES string of the molecule is C=Cc1c(/C=C\C)c([I-]N)cc2c(=C(\C)CC)/c(=C\C)oc12. The average Bonchev–Trinajstić information content (AvgIpc) is 2.91. The van der Waals surface area contributed by atoms with Gasteiger partial charge in [-0.1, -0.05) is 0 Å². The van der Waals surface area contributed by atoms with E-state index >= 15 is 0 Å². The van der Waals surface area contributed by atoms with Crippen LogP contribution in [-0.4, -0.2) is 0 Å². The molecule has 3 heteroatoms. The summed E-state index contributed by atoms with van der Waals surface area (Å²) in [5.41, 5.74) is 5.39. The van der Waals surface area contributed by atoms with Crippen LogP contribution in [0, 0.1) is 3.57 Å². The molecule has 2 nitrogen and oxygen atoms in total. The Hall–Kier alpha value is -1.33. The van der Waals surface area contributed by atoms with Gasteiger partial charge in [-0.25, -0.2) is 0 Å². The molecule has 0 aliphatic heterocycles. The number of rotatable bonds is 4. The number of furan rings is 1. The number of halogens is 1. The van der Waals surface area contributed by atoms with Crippen LogP contribution in [-0.2, 0) is 0 Å². The van der Waals surface area contributed by atoms with Crippen LogP contribution >= 0.6 is 0 Å². The Labute approximate surface area is 142 Å². The molecule has 2 aromatic rings. The molecule has 0 unspecified atom stereocenters. The quantitative estimate of drug-likeness (QED) is 0.596. The van der Waals surface area contributed by atoms with Gasteiger partial charge in [-0.2, -0.15) is 0 Å². The van der Waals surface area contributed by atoms with E-state index in [1.165, 1.54) is 14.4 Å². The molecule has 22 heavy (non-hydrogen) atoms. The average molecular weight is 408 g/mol. The van der Waals surface area contributed by atoms with E-state index in [4.69, 9.17) is 8.36 Å². The summed E-state index contributed by atoms with van der Waals surface area (Å²) in [6, 6.07) is 2.22. The minimum absolute atomic E-state index is 0.515. The summed E-state index contributed by atoms with van der Waals surface area (Å²) in [5.74, 6) is 0. The molecule has 0 atom stereocenters. The molecule has 0 saturated carbocycles. The molecule has 2 N–H and O–H groups in total. The van der Waals surface area contributed by atoms with Gasteiger partial charge < -0.3 is 0 Å². The molecule has 1 aromatic carbocycles. The first-order valence-corrected chi connectivity index (χ1v) is 9.79. The zero-order valence-electron chi connectivity index (χ0n) is 13.7. The van der Waals surface area contributed by atoms with Crippen LogP contribution in [0.3, 0.4) is 0 Å². The van der Waals surface area contributed by atoms with Gasteiger partial charge in [0.25, 0.3) is 0 Å². The van der Waals surface area contributed by atoms with Gasteiger partial charge in [0.15, 0.2) is 0 Å². The Morgan fingerprint density at radius 1 is 1.36 bits per heavy atom. The molecule has 0 aliphatic rings. The van der Waals surface area contributed by atoms with Crippen molar-refractivity contribution in [2.75, 3.05) is 0 Å². The van der Waals surface area contributed by atoms with Gasteiger partial charge in [-0.05, 0) is 0 Å². The van der Waals surface area contributed by atoms with E-state index in [1.807, 2.05) is 32.1 Å². The molecule has 1 heterocycles. The van der Waals surface area contributed by atoms with Crippen molar-refractivity contribution >= 4 is 34.8 Å². The van der Waals surface area contributed by atoms with Crippen LogP contribution in [0.4, 0.5) is 0 Å². The molecule has 0 aliphatic carbocycles. The molecule has 1 aromatic heterocycles. The Balaban J connectivity index is 3.14. The molecule has 0 bridgehead atoms. The monoisotopic (exact) mass is 408 g/mol. The molecule has 0 saturated heterocycles. The third-order valence-corrected chi connectivity index (χ3v) is 5.47. The van der Waals surface area contributed by atoms with Crippen LogP contribution in [0.2, 0.25) is 0 Å². The maximum absolute atomic E-state index is 6.17. The summed E-state index contributed by atoms with van der Waals surface area (Å²) in [6.45, 7) is 12.4. The second-order valence-electron chi connectivity index (χ2n) is 5.14. The summed E-state index contributed by atoms with van der Waals surface area (Å²) in [4.78, 5) is 0. The van der Waals surface area contributed by atoms with Gasteiger partial charge in [0.05, 0.1) is 0 Å². The molecule has 0 fully saturated rings. The van der Waals surface area contributed by atoms with Crippen molar-refractivity contribution in [3.8, 4) is 0 Å². The standard InChI is InChI=1S/C19H23INO/c1-6-10-14-13(8-3)19-15(11-16(14)20-21)18(12(5)7-2)17(9-4)22-19/h6,8-11H,3,7,21H2,1-2,4-5H3/q-1/b10-6-,17-9+,18-12-.